The molecule has 0 aromatic carbocycles. The number of aryl methyl sites for hydroxylation is 1. The molecule has 1 unspecified atom stereocenters. The van der Waals surface area contributed by atoms with E-state index in [4.69, 9.17) is 0 Å². The molecule has 0 saturated heterocycles. The van der Waals surface area contributed by atoms with Gasteiger partial charge in [-0.25, -0.2) is 9.97 Å². The van der Waals surface area contributed by atoms with Crippen molar-refractivity contribution >= 4 is 34.7 Å². The lowest BCUT2D eigenvalue weighted by Gasteiger charge is -2.10. The number of carbonyl (C=O) groups is 1. The number of rotatable bonds is 7. The highest BCUT2D eigenvalue weighted by Gasteiger charge is 2.14. The Morgan fingerprint density at radius 2 is 2.17 bits per heavy atom. The standard InChI is InChI=1S/C21H21N5OS2/c1-14-5-6-19-24-17(10-26(19)9-14)11-28-13-20(27)23-15(2)21-25-18(12-29-21)16-4-3-7-22-8-16/h3-10,12,15H,11,13H2,1-2H3,(H,23,27). The van der Waals surface area contributed by atoms with Gasteiger partial charge in [0.2, 0.25) is 5.91 Å². The van der Waals surface area contributed by atoms with Crippen LogP contribution in [-0.2, 0) is 10.5 Å². The highest BCUT2D eigenvalue weighted by Crippen LogP contribution is 2.25. The van der Waals surface area contributed by atoms with Gasteiger partial charge in [0, 0.05) is 41.5 Å². The molecule has 1 N–H and O–H groups in total. The number of imidazole rings is 1. The van der Waals surface area contributed by atoms with Crippen molar-refractivity contribution in [1.29, 1.82) is 0 Å². The fourth-order valence-electron chi connectivity index (χ4n) is 2.95. The smallest absolute Gasteiger partial charge is 0.230 e. The van der Waals surface area contributed by atoms with E-state index in [-0.39, 0.29) is 11.9 Å². The predicted octanol–water partition coefficient (Wildman–Crippen LogP) is 4.27. The average molecular weight is 424 g/mol. The molecule has 0 radical (unpaired) electrons. The van der Waals surface area contributed by atoms with Gasteiger partial charge >= 0.3 is 0 Å². The molecule has 4 heterocycles. The predicted molar refractivity (Wildman–Crippen MR) is 118 cm³/mol. The van der Waals surface area contributed by atoms with Crippen LogP contribution in [0.3, 0.4) is 0 Å². The molecule has 4 aromatic rings. The average Bonchev–Trinajstić information content (AvgIpc) is 3.35. The van der Waals surface area contributed by atoms with Crippen LogP contribution in [0.15, 0.2) is 54.4 Å². The SMILES string of the molecule is Cc1ccc2nc(CSCC(=O)NC(C)c3nc(-c4cccnc4)cs3)cn2c1. The fourth-order valence-corrected chi connectivity index (χ4v) is 4.51. The first-order valence-electron chi connectivity index (χ1n) is 9.25. The minimum absolute atomic E-state index is 0.000219. The summed E-state index contributed by atoms with van der Waals surface area (Å²) in [4.78, 5) is 25.7. The number of carbonyl (C=O) groups excluding carboxylic acids is 1. The van der Waals surface area contributed by atoms with Gasteiger partial charge in [0.05, 0.1) is 23.2 Å². The normalized spacial score (nSPS) is 12.2. The first-order chi connectivity index (χ1) is 14.1. The molecule has 0 fully saturated rings. The summed E-state index contributed by atoms with van der Waals surface area (Å²) in [5.74, 6) is 1.09. The third kappa shape index (κ3) is 4.83. The molecule has 1 atom stereocenters. The highest BCUT2D eigenvalue weighted by atomic mass is 32.2. The van der Waals surface area contributed by atoms with Crippen LogP contribution in [0.1, 0.15) is 29.2 Å². The van der Waals surface area contributed by atoms with Gasteiger partial charge in [-0.15, -0.1) is 23.1 Å². The zero-order valence-corrected chi connectivity index (χ0v) is 17.8. The number of thioether (sulfide) groups is 1. The number of thiazole rings is 1. The Kier molecular flexibility index (Phi) is 5.92. The van der Waals surface area contributed by atoms with E-state index >= 15 is 0 Å². The van der Waals surface area contributed by atoms with Crippen molar-refractivity contribution in [3.8, 4) is 11.3 Å². The molecule has 29 heavy (non-hydrogen) atoms. The molecule has 8 heteroatoms. The van der Waals surface area contributed by atoms with Crippen molar-refractivity contribution < 1.29 is 4.79 Å². The second kappa shape index (κ2) is 8.75. The van der Waals surface area contributed by atoms with Crippen LogP contribution in [0.2, 0.25) is 0 Å². The summed E-state index contributed by atoms with van der Waals surface area (Å²) in [5.41, 5.74) is 4.96. The van der Waals surface area contributed by atoms with Crippen LogP contribution in [0, 0.1) is 6.92 Å². The Bertz CT molecular complexity index is 1120. The zero-order valence-electron chi connectivity index (χ0n) is 16.2. The van der Waals surface area contributed by atoms with Crippen molar-refractivity contribution in [3.63, 3.8) is 0 Å². The first kappa shape index (κ1) is 19.6. The molecule has 4 aromatic heterocycles. The van der Waals surface area contributed by atoms with Crippen molar-refractivity contribution in [3.05, 3.63) is 70.7 Å². The van der Waals surface area contributed by atoms with Gasteiger partial charge < -0.3 is 9.72 Å². The Hall–Kier alpha value is -2.71. The van der Waals surface area contributed by atoms with Crippen molar-refractivity contribution in [1.82, 2.24) is 24.7 Å². The van der Waals surface area contributed by atoms with Gasteiger partial charge in [-0.3, -0.25) is 9.78 Å². The Morgan fingerprint density at radius 3 is 3.00 bits per heavy atom. The lowest BCUT2D eigenvalue weighted by molar-refractivity contribution is -0.119. The molecule has 0 aliphatic heterocycles. The van der Waals surface area contributed by atoms with E-state index in [0.717, 1.165) is 27.6 Å². The van der Waals surface area contributed by atoms with E-state index in [1.165, 1.54) is 5.56 Å². The summed E-state index contributed by atoms with van der Waals surface area (Å²) in [5, 5.41) is 5.91. The van der Waals surface area contributed by atoms with Gasteiger partial charge in [0.15, 0.2) is 0 Å². The number of aromatic nitrogens is 4. The summed E-state index contributed by atoms with van der Waals surface area (Å²) < 4.78 is 2.02. The van der Waals surface area contributed by atoms with Gasteiger partial charge in [-0.05, 0) is 37.6 Å². The van der Waals surface area contributed by atoms with Gasteiger partial charge in [0.25, 0.3) is 0 Å². The summed E-state index contributed by atoms with van der Waals surface area (Å²) >= 11 is 3.11. The van der Waals surface area contributed by atoms with Crippen LogP contribution in [0.4, 0.5) is 0 Å². The largest absolute Gasteiger partial charge is 0.346 e. The topological polar surface area (TPSA) is 72.2 Å². The summed E-state index contributed by atoms with van der Waals surface area (Å²) in [6.45, 7) is 4.01. The lowest BCUT2D eigenvalue weighted by atomic mass is 10.2. The van der Waals surface area contributed by atoms with E-state index in [0.29, 0.717) is 11.5 Å². The van der Waals surface area contributed by atoms with Crippen LogP contribution in [0.25, 0.3) is 16.9 Å². The second-order valence-corrected chi connectivity index (χ2v) is 8.67. The summed E-state index contributed by atoms with van der Waals surface area (Å²) in [7, 11) is 0. The number of pyridine rings is 2. The monoisotopic (exact) mass is 423 g/mol. The lowest BCUT2D eigenvalue weighted by Crippen LogP contribution is -2.28. The number of fused-ring (bicyclic) bond motifs is 1. The number of nitrogens with one attached hydrogen (secondary N) is 1. The minimum atomic E-state index is -0.128. The zero-order chi connectivity index (χ0) is 20.2. The molecular weight excluding hydrogens is 402 g/mol. The van der Waals surface area contributed by atoms with Crippen LogP contribution < -0.4 is 5.32 Å². The van der Waals surface area contributed by atoms with Gasteiger partial charge in [-0.2, -0.15) is 0 Å². The highest BCUT2D eigenvalue weighted by molar-refractivity contribution is 7.99. The van der Waals surface area contributed by atoms with E-state index < -0.39 is 0 Å². The molecule has 0 bridgehead atoms. The molecule has 6 nitrogen and oxygen atoms in total. The number of hydrogen-bond acceptors (Lipinski definition) is 6. The van der Waals surface area contributed by atoms with Crippen LogP contribution in [-0.4, -0.2) is 31.0 Å². The third-order valence-corrected chi connectivity index (χ3v) is 6.35. The quantitative estimate of drug-likeness (QED) is 0.481. The van der Waals surface area contributed by atoms with E-state index in [9.17, 15) is 4.79 Å². The maximum atomic E-state index is 12.3. The minimum Gasteiger partial charge on any atom is -0.346 e. The second-order valence-electron chi connectivity index (χ2n) is 6.80. The van der Waals surface area contributed by atoms with E-state index in [2.05, 4.69) is 33.4 Å². The van der Waals surface area contributed by atoms with Gasteiger partial charge in [-0.1, -0.05) is 6.07 Å². The maximum Gasteiger partial charge on any atom is 0.230 e. The molecule has 0 spiro atoms. The third-order valence-electron chi connectivity index (χ3n) is 4.36. The fraction of sp³-hybridized carbons (Fsp3) is 0.238. The van der Waals surface area contributed by atoms with Crippen molar-refractivity contribution in [2.75, 3.05) is 5.75 Å². The van der Waals surface area contributed by atoms with E-state index in [1.807, 2.05) is 47.2 Å². The molecule has 1 amide bonds. The molecule has 0 aliphatic carbocycles. The van der Waals surface area contributed by atoms with Crippen molar-refractivity contribution in [2.24, 2.45) is 0 Å². The van der Waals surface area contributed by atoms with Gasteiger partial charge in [0.1, 0.15) is 10.7 Å². The Morgan fingerprint density at radius 1 is 1.28 bits per heavy atom. The first-order valence-corrected chi connectivity index (χ1v) is 11.3. The van der Waals surface area contributed by atoms with Crippen LogP contribution >= 0.6 is 23.1 Å². The number of hydrogen-bond donors (Lipinski definition) is 1. The molecular formula is C21H21N5OS2. The number of nitrogens with zero attached hydrogens (tertiary/aromatic N) is 4. The molecule has 0 saturated carbocycles. The van der Waals surface area contributed by atoms with Crippen molar-refractivity contribution in [2.45, 2.75) is 25.6 Å². The Balaban J connectivity index is 1.28. The summed E-state index contributed by atoms with van der Waals surface area (Å²) in [6.07, 6.45) is 7.61. The van der Waals surface area contributed by atoms with Crippen LogP contribution in [0.5, 0.6) is 0 Å². The Labute approximate surface area is 177 Å². The molecule has 4 rings (SSSR count). The number of amides is 1. The maximum absolute atomic E-state index is 12.3. The van der Waals surface area contributed by atoms with E-state index in [1.54, 1.807) is 35.5 Å². The summed E-state index contributed by atoms with van der Waals surface area (Å²) in [6, 6.07) is 7.79. The molecule has 148 valence electrons. The molecule has 0 aliphatic rings.